The summed E-state index contributed by atoms with van der Waals surface area (Å²) in [4.78, 5) is 13.1. The van der Waals surface area contributed by atoms with E-state index >= 15 is 0 Å². The first-order chi connectivity index (χ1) is 16.0. The molecule has 176 valence electrons. The molecule has 1 aliphatic carbocycles. The van der Waals surface area contributed by atoms with Gasteiger partial charge in [-0.05, 0) is 47.9 Å². The van der Waals surface area contributed by atoms with E-state index < -0.39 is 0 Å². The van der Waals surface area contributed by atoms with Gasteiger partial charge in [-0.1, -0.05) is 76.9 Å². The zero-order valence-corrected chi connectivity index (χ0v) is 20.8. The number of nitrogens with zero attached hydrogens (tertiary/aromatic N) is 3. The number of anilines is 1. The van der Waals surface area contributed by atoms with Crippen LogP contribution >= 0.6 is 11.8 Å². The Morgan fingerprint density at radius 3 is 2.36 bits per heavy atom. The number of furan rings is 1. The maximum Gasteiger partial charge on any atom is 0.234 e. The summed E-state index contributed by atoms with van der Waals surface area (Å²) in [5.41, 5.74) is 3.30. The molecule has 0 radical (unpaired) electrons. The van der Waals surface area contributed by atoms with E-state index in [1.807, 2.05) is 12.1 Å². The first-order valence-electron chi connectivity index (χ1n) is 12.0. The third-order valence-electron chi connectivity index (χ3n) is 6.32. The Morgan fingerprint density at radius 1 is 1.06 bits per heavy atom. The number of thioether (sulfide) groups is 1. The Balaban J connectivity index is 1.54. The highest BCUT2D eigenvalue weighted by atomic mass is 32.2. The molecule has 1 amide bonds. The molecule has 0 unspecified atom stereocenters. The standard InChI is InChI=1S/C26H34N4O2S/c1-17(2)20-12-8-13-21(18(3)4)24(20)27-23(31)16-33-26-29-28-25(22-14-9-15-32-22)30(26)19-10-6-5-7-11-19/h8-9,12-15,17-19H,5-7,10-11,16H2,1-4H3,(H,27,31). The average molecular weight is 467 g/mol. The molecule has 1 N–H and O–H groups in total. The van der Waals surface area contributed by atoms with Crippen LogP contribution in [0.5, 0.6) is 0 Å². The predicted molar refractivity (Wildman–Crippen MR) is 134 cm³/mol. The molecule has 2 aromatic heterocycles. The molecule has 1 saturated carbocycles. The predicted octanol–water partition coefficient (Wildman–Crippen LogP) is 7.02. The van der Waals surface area contributed by atoms with E-state index in [-0.39, 0.29) is 11.7 Å². The van der Waals surface area contributed by atoms with Crippen molar-refractivity contribution in [2.75, 3.05) is 11.1 Å². The first-order valence-corrected chi connectivity index (χ1v) is 13.0. The van der Waals surface area contributed by atoms with E-state index in [1.165, 1.54) is 42.2 Å². The molecule has 1 fully saturated rings. The van der Waals surface area contributed by atoms with Crippen LogP contribution in [-0.2, 0) is 4.79 Å². The van der Waals surface area contributed by atoms with Crippen LogP contribution in [-0.4, -0.2) is 26.4 Å². The van der Waals surface area contributed by atoms with Crippen molar-refractivity contribution in [3.8, 4) is 11.6 Å². The van der Waals surface area contributed by atoms with E-state index in [2.05, 4.69) is 66.0 Å². The second kappa shape index (κ2) is 10.6. The lowest BCUT2D eigenvalue weighted by Gasteiger charge is -2.25. The van der Waals surface area contributed by atoms with Crippen molar-refractivity contribution in [3.63, 3.8) is 0 Å². The Hall–Kier alpha value is -2.54. The van der Waals surface area contributed by atoms with E-state index in [1.54, 1.807) is 6.26 Å². The lowest BCUT2D eigenvalue weighted by Crippen LogP contribution is -2.19. The summed E-state index contributed by atoms with van der Waals surface area (Å²) in [6, 6.07) is 10.4. The Bertz CT molecular complexity index is 1040. The van der Waals surface area contributed by atoms with Gasteiger partial charge in [0.25, 0.3) is 0 Å². The van der Waals surface area contributed by atoms with Gasteiger partial charge in [0, 0.05) is 11.7 Å². The van der Waals surface area contributed by atoms with Gasteiger partial charge in [-0.15, -0.1) is 10.2 Å². The van der Waals surface area contributed by atoms with Crippen LogP contribution in [0.3, 0.4) is 0 Å². The van der Waals surface area contributed by atoms with Crippen molar-refractivity contribution < 1.29 is 9.21 Å². The van der Waals surface area contributed by atoms with Crippen LogP contribution < -0.4 is 5.32 Å². The smallest absolute Gasteiger partial charge is 0.234 e. The number of aromatic nitrogens is 3. The summed E-state index contributed by atoms with van der Waals surface area (Å²) >= 11 is 1.45. The quantitative estimate of drug-likeness (QED) is 0.361. The topological polar surface area (TPSA) is 73.0 Å². The van der Waals surface area contributed by atoms with Gasteiger partial charge in [0.05, 0.1) is 12.0 Å². The lowest BCUT2D eigenvalue weighted by molar-refractivity contribution is -0.113. The molecule has 7 heteroatoms. The molecule has 0 aliphatic heterocycles. The lowest BCUT2D eigenvalue weighted by atomic mass is 9.92. The summed E-state index contributed by atoms with van der Waals surface area (Å²) in [7, 11) is 0. The average Bonchev–Trinajstić information content (AvgIpc) is 3.48. The van der Waals surface area contributed by atoms with Gasteiger partial charge in [0.15, 0.2) is 10.9 Å². The van der Waals surface area contributed by atoms with E-state index in [9.17, 15) is 4.79 Å². The molecule has 0 bridgehead atoms. The van der Waals surface area contributed by atoms with Crippen molar-refractivity contribution in [1.29, 1.82) is 0 Å². The van der Waals surface area contributed by atoms with Gasteiger partial charge < -0.3 is 9.73 Å². The normalized spacial score (nSPS) is 14.8. The summed E-state index contributed by atoms with van der Waals surface area (Å²) < 4.78 is 7.82. The van der Waals surface area contributed by atoms with E-state index in [0.717, 1.165) is 35.3 Å². The molecule has 1 aromatic carbocycles. The van der Waals surface area contributed by atoms with Gasteiger partial charge in [-0.25, -0.2) is 0 Å². The SMILES string of the molecule is CC(C)c1cccc(C(C)C)c1NC(=O)CSc1nnc(-c2ccco2)n1C1CCCCC1. The summed E-state index contributed by atoms with van der Waals surface area (Å²) in [5.74, 6) is 2.40. The number of rotatable bonds is 8. The van der Waals surface area contributed by atoms with Crippen molar-refractivity contribution in [2.45, 2.75) is 82.8 Å². The maximum atomic E-state index is 13.1. The maximum absolute atomic E-state index is 13.1. The number of hydrogen-bond donors (Lipinski definition) is 1. The minimum atomic E-state index is -0.0206. The highest BCUT2D eigenvalue weighted by molar-refractivity contribution is 7.99. The highest BCUT2D eigenvalue weighted by Crippen LogP contribution is 2.36. The molecule has 0 saturated heterocycles. The third kappa shape index (κ3) is 5.35. The van der Waals surface area contributed by atoms with Gasteiger partial charge >= 0.3 is 0 Å². The van der Waals surface area contributed by atoms with Crippen LogP contribution in [0.1, 0.15) is 88.8 Å². The molecular weight excluding hydrogens is 432 g/mol. The fourth-order valence-electron chi connectivity index (χ4n) is 4.62. The van der Waals surface area contributed by atoms with E-state index in [4.69, 9.17) is 4.42 Å². The van der Waals surface area contributed by atoms with Crippen LogP contribution in [0.2, 0.25) is 0 Å². The monoisotopic (exact) mass is 466 g/mol. The minimum Gasteiger partial charge on any atom is -0.461 e. The fraction of sp³-hybridized carbons (Fsp3) is 0.500. The molecule has 1 aliphatic rings. The third-order valence-corrected chi connectivity index (χ3v) is 7.26. The molecule has 0 spiro atoms. The summed E-state index contributed by atoms with van der Waals surface area (Å²) in [6.45, 7) is 8.64. The van der Waals surface area contributed by atoms with Gasteiger partial charge in [0.2, 0.25) is 11.7 Å². The minimum absolute atomic E-state index is 0.0206. The fourth-order valence-corrected chi connectivity index (χ4v) is 5.42. The number of amides is 1. The van der Waals surface area contributed by atoms with Crippen LogP contribution in [0.4, 0.5) is 5.69 Å². The number of para-hydroxylation sites is 1. The number of carbonyl (C=O) groups is 1. The zero-order chi connectivity index (χ0) is 23.4. The second-order valence-electron chi connectivity index (χ2n) is 9.40. The van der Waals surface area contributed by atoms with E-state index in [0.29, 0.717) is 17.9 Å². The molecule has 3 aromatic rings. The molecule has 4 rings (SSSR count). The zero-order valence-electron chi connectivity index (χ0n) is 20.0. The Kier molecular flexibility index (Phi) is 7.58. The molecular formula is C26H34N4O2S. The van der Waals surface area contributed by atoms with Gasteiger partial charge in [-0.2, -0.15) is 0 Å². The summed E-state index contributed by atoms with van der Waals surface area (Å²) in [5, 5.41) is 12.9. The number of benzene rings is 1. The van der Waals surface area contributed by atoms with Crippen LogP contribution in [0.15, 0.2) is 46.2 Å². The summed E-state index contributed by atoms with van der Waals surface area (Å²) in [6.07, 6.45) is 7.54. The van der Waals surface area contributed by atoms with Crippen LogP contribution in [0, 0.1) is 0 Å². The Morgan fingerprint density at radius 2 is 1.76 bits per heavy atom. The highest BCUT2D eigenvalue weighted by Gasteiger charge is 2.25. The molecule has 0 atom stereocenters. The van der Waals surface area contributed by atoms with Crippen molar-refractivity contribution in [2.24, 2.45) is 0 Å². The van der Waals surface area contributed by atoms with Crippen molar-refractivity contribution >= 4 is 23.4 Å². The van der Waals surface area contributed by atoms with Gasteiger partial charge in [0.1, 0.15) is 0 Å². The largest absolute Gasteiger partial charge is 0.461 e. The van der Waals surface area contributed by atoms with Crippen molar-refractivity contribution in [3.05, 3.63) is 47.7 Å². The second-order valence-corrected chi connectivity index (χ2v) is 10.3. The van der Waals surface area contributed by atoms with Gasteiger partial charge in [-0.3, -0.25) is 9.36 Å². The van der Waals surface area contributed by atoms with Crippen LogP contribution in [0.25, 0.3) is 11.6 Å². The number of carbonyl (C=O) groups excluding carboxylic acids is 1. The number of nitrogens with one attached hydrogen (secondary N) is 1. The Labute approximate surface area is 200 Å². The molecule has 2 heterocycles. The molecule has 33 heavy (non-hydrogen) atoms. The molecule has 6 nitrogen and oxygen atoms in total. The van der Waals surface area contributed by atoms with Crippen molar-refractivity contribution in [1.82, 2.24) is 14.8 Å². The first kappa shape index (κ1) is 23.6. The number of hydrogen-bond acceptors (Lipinski definition) is 5.